The molecule has 24 heavy (non-hydrogen) atoms. The first-order valence-corrected chi connectivity index (χ1v) is 8.77. The summed E-state index contributed by atoms with van der Waals surface area (Å²) in [7, 11) is 1.78. The van der Waals surface area contributed by atoms with Crippen molar-refractivity contribution in [2.75, 3.05) is 7.11 Å². The van der Waals surface area contributed by atoms with Crippen LogP contribution in [0.5, 0.6) is 5.75 Å². The molecule has 1 saturated carbocycles. The van der Waals surface area contributed by atoms with Crippen molar-refractivity contribution in [1.29, 1.82) is 0 Å². The van der Waals surface area contributed by atoms with Crippen LogP contribution in [0.25, 0.3) is 0 Å². The van der Waals surface area contributed by atoms with Crippen molar-refractivity contribution in [3.63, 3.8) is 0 Å². The molecular weight excluding hydrogens is 302 g/mol. The molecule has 2 aliphatic rings. The van der Waals surface area contributed by atoms with Gasteiger partial charge in [0, 0.05) is 18.6 Å². The lowest BCUT2D eigenvalue weighted by Crippen LogP contribution is -2.36. The van der Waals surface area contributed by atoms with Gasteiger partial charge in [0.2, 0.25) is 0 Å². The van der Waals surface area contributed by atoms with Crippen LogP contribution in [0.4, 0.5) is 0 Å². The number of benzene rings is 1. The lowest BCUT2D eigenvalue weighted by Gasteiger charge is -2.38. The number of aromatic hydroxyl groups is 1. The average Bonchev–Trinajstić information content (AvgIpc) is 2.91. The predicted octanol–water partition coefficient (Wildman–Crippen LogP) is 3.14. The summed E-state index contributed by atoms with van der Waals surface area (Å²) in [6.07, 6.45) is 5.19. The van der Waals surface area contributed by atoms with E-state index in [2.05, 4.69) is 6.92 Å². The van der Waals surface area contributed by atoms with E-state index in [1.807, 2.05) is 19.1 Å². The molecule has 3 N–H and O–H groups in total. The van der Waals surface area contributed by atoms with Crippen LogP contribution in [0.2, 0.25) is 0 Å². The van der Waals surface area contributed by atoms with Gasteiger partial charge in [-0.2, -0.15) is 0 Å². The molecule has 130 valence electrons. The third-order valence-electron chi connectivity index (χ3n) is 5.45. The van der Waals surface area contributed by atoms with Crippen molar-refractivity contribution in [1.82, 2.24) is 0 Å². The number of methoxy groups -OCH3 is 1. The molecule has 1 aromatic carbocycles. The summed E-state index contributed by atoms with van der Waals surface area (Å²) in [5.74, 6) is 1.03. The minimum absolute atomic E-state index is 0.251. The Kier molecular flexibility index (Phi) is 4.63. The maximum atomic E-state index is 10.1. The summed E-state index contributed by atoms with van der Waals surface area (Å²) in [5.41, 5.74) is 8.36. The van der Waals surface area contributed by atoms with E-state index in [1.54, 1.807) is 13.2 Å². The van der Waals surface area contributed by atoms with E-state index >= 15 is 0 Å². The fourth-order valence-corrected chi connectivity index (χ4v) is 4.04. The molecule has 1 atom stereocenters. The molecule has 0 saturated heterocycles. The molecule has 5 nitrogen and oxygen atoms in total. The van der Waals surface area contributed by atoms with Crippen LogP contribution in [-0.4, -0.2) is 29.9 Å². The molecule has 0 radical (unpaired) electrons. The Morgan fingerprint density at radius 3 is 2.50 bits per heavy atom. The minimum Gasteiger partial charge on any atom is -0.508 e. The van der Waals surface area contributed by atoms with Crippen LogP contribution in [-0.2, 0) is 16.8 Å². The zero-order chi connectivity index (χ0) is 17.3. The molecular formula is C19H27N3O2. The highest BCUT2D eigenvalue weighted by atomic mass is 16.5. The van der Waals surface area contributed by atoms with Gasteiger partial charge in [-0.05, 0) is 56.7 Å². The van der Waals surface area contributed by atoms with Crippen molar-refractivity contribution in [3.05, 3.63) is 29.3 Å². The SMILES string of the molecule is CCc1ccc(O)cc1C1(C2CCC(OC)CC2)N=C(C)C(N)=N1. The summed E-state index contributed by atoms with van der Waals surface area (Å²) in [6, 6.07) is 5.53. The number of ether oxygens (including phenoxy) is 1. The van der Waals surface area contributed by atoms with E-state index in [0.717, 1.165) is 48.9 Å². The molecule has 1 aromatic rings. The highest BCUT2D eigenvalue weighted by molar-refractivity contribution is 6.41. The molecule has 0 amide bonds. The first kappa shape index (κ1) is 17.0. The Balaban J connectivity index is 2.08. The number of nitrogens with zero attached hydrogens (tertiary/aromatic N) is 2. The van der Waals surface area contributed by atoms with Crippen LogP contribution in [0, 0.1) is 5.92 Å². The number of aliphatic imine (C=N–C) groups is 2. The first-order chi connectivity index (χ1) is 11.5. The molecule has 1 fully saturated rings. The van der Waals surface area contributed by atoms with Crippen LogP contribution in [0.1, 0.15) is 50.7 Å². The number of aryl methyl sites for hydroxylation is 1. The van der Waals surface area contributed by atoms with Crippen molar-refractivity contribution in [2.24, 2.45) is 21.6 Å². The van der Waals surface area contributed by atoms with Gasteiger partial charge in [0.05, 0.1) is 11.8 Å². The van der Waals surface area contributed by atoms with Gasteiger partial charge in [0.15, 0.2) is 5.66 Å². The maximum Gasteiger partial charge on any atom is 0.181 e. The van der Waals surface area contributed by atoms with E-state index in [0.29, 0.717) is 11.9 Å². The quantitative estimate of drug-likeness (QED) is 0.890. The first-order valence-electron chi connectivity index (χ1n) is 8.77. The van der Waals surface area contributed by atoms with Gasteiger partial charge in [-0.1, -0.05) is 13.0 Å². The number of nitrogens with two attached hydrogens (primary N) is 1. The Bertz CT molecular complexity index is 655. The van der Waals surface area contributed by atoms with E-state index in [9.17, 15) is 5.11 Å². The van der Waals surface area contributed by atoms with Crippen molar-refractivity contribution < 1.29 is 9.84 Å². The smallest absolute Gasteiger partial charge is 0.181 e. The number of hydrogen-bond donors (Lipinski definition) is 2. The molecule has 1 unspecified atom stereocenters. The molecule has 0 spiro atoms. The normalized spacial score (nSPS) is 30.1. The number of hydrogen-bond acceptors (Lipinski definition) is 5. The topological polar surface area (TPSA) is 80.2 Å². The molecule has 1 heterocycles. The van der Waals surface area contributed by atoms with E-state index < -0.39 is 5.66 Å². The van der Waals surface area contributed by atoms with Crippen LogP contribution >= 0.6 is 0 Å². The van der Waals surface area contributed by atoms with Crippen LogP contribution in [0.3, 0.4) is 0 Å². The van der Waals surface area contributed by atoms with Gasteiger partial charge in [0.25, 0.3) is 0 Å². The Labute approximate surface area is 143 Å². The van der Waals surface area contributed by atoms with Crippen molar-refractivity contribution in [3.8, 4) is 5.75 Å². The summed E-state index contributed by atoms with van der Waals surface area (Å²) in [4.78, 5) is 9.77. The lowest BCUT2D eigenvalue weighted by atomic mass is 9.74. The van der Waals surface area contributed by atoms with E-state index in [4.69, 9.17) is 20.5 Å². The number of amidine groups is 1. The largest absolute Gasteiger partial charge is 0.508 e. The summed E-state index contributed by atoms with van der Waals surface area (Å²) < 4.78 is 5.51. The molecule has 3 rings (SSSR count). The fourth-order valence-electron chi connectivity index (χ4n) is 4.04. The molecule has 1 aliphatic heterocycles. The second-order valence-corrected chi connectivity index (χ2v) is 6.82. The Morgan fingerprint density at radius 2 is 1.96 bits per heavy atom. The predicted molar refractivity (Wildman–Crippen MR) is 96.6 cm³/mol. The Morgan fingerprint density at radius 1 is 1.25 bits per heavy atom. The van der Waals surface area contributed by atoms with Gasteiger partial charge in [-0.15, -0.1) is 0 Å². The fraction of sp³-hybridized carbons (Fsp3) is 0.579. The average molecular weight is 329 g/mol. The number of phenols is 1. The van der Waals surface area contributed by atoms with Crippen molar-refractivity contribution >= 4 is 11.5 Å². The third kappa shape index (κ3) is 2.81. The van der Waals surface area contributed by atoms with Crippen molar-refractivity contribution in [2.45, 2.75) is 57.7 Å². The maximum absolute atomic E-state index is 10.1. The standard InChI is InChI=1S/C19H27N3O2/c1-4-13-5-8-15(23)11-17(13)19(21-12(2)18(20)22-19)14-6-9-16(24-3)10-7-14/h5,8,11,14,16,23H,4,6-7,9-10H2,1-3H3,(H2,20,22). The zero-order valence-corrected chi connectivity index (χ0v) is 14.7. The molecule has 0 bridgehead atoms. The summed E-state index contributed by atoms with van der Waals surface area (Å²) in [6.45, 7) is 4.03. The second kappa shape index (κ2) is 6.55. The van der Waals surface area contributed by atoms with Crippen LogP contribution < -0.4 is 5.73 Å². The van der Waals surface area contributed by atoms with Gasteiger partial charge in [0.1, 0.15) is 11.6 Å². The second-order valence-electron chi connectivity index (χ2n) is 6.82. The van der Waals surface area contributed by atoms with E-state index in [-0.39, 0.29) is 11.7 Å². The van der Waals surface area contributed by atoms with Gasteiger partial charge >= 0.3 is 0 Å². The summed E-state index contributed by atoms with van der Waals surface area (Å²) in [5, 5.41) is 10.1. The van der Waals surface area contributed by atoms with Gasteiger partial charge in [-0.25, -0.2) is 4.99 Å². The zero-order valence-electron chi connectivity index (χ0n) is 14.7. The monoisotopic (exact) mass is 329 g/mol. The number of rotatable bonds is 4. The molecule has 1 aliphatic carbocycles. The number of phenolic OH excluding ortho intramolecular Hbond substituents is 1. The minimum atomic E-state index is -0.697. The Hall–Kier alpha value is -1.88. The van der Waals surface area contributed by atoms with Gasteiger partial charge < -0.3 is 15.6 Å². The van der Waals surface area contributed by atoms with Gasteiger partial charge in [-0.3, -0.25) is 4.99 Å². The summed E-state index contributed by atoms with van der Waals surface area (Å²) >= 11 is 0. The highest BCUT2D eigenvalue weighted by Gasteiger charge is 2.46. The highest BCUT2D eigenvalue weighted by Crippen LogP contribution is 2.47. The lowest BCUT2D eigenvalue weighted by molar-refractivity contribution is 0.0425. The molecule has 5 heteroatoms. The third-order valence-corrected chi connectivity index (χ3v) is 5.45. The molecule has 0 aromatic heterocycles. The van der Waals surface area contributed by atoms with E-state index in [1.165, 1.54) is 0 Å². The van der Waals surface area contributed by atoms with Crippen LogP contribution in [0.15, 0.2) is 28.2 Å².